The zero-order valence-corrected chi connectivity index (χ0v) is 10.9. The molecule has 1 heterocycles. The molecule has 1 saturated heterocycles. The lowest BCUT2D eigenvalue weighted by Gasteiger charge is -2.26. The van der Waals surface area contributed by atoms with Crippen LogP contribution in [0.3, 0.4) is 0 Å². The van der Waals surface area contributed by atoms with Crippen molar-refractivity contribution in [1.82, 2.24) is 4.90 Å². The Bertz CT molecular complexity index is 367. The minimum Gasteiger partial charge on any atom is -0.385 e. The van der Waals surface area contributed by atoms with Crippen LogP contribution in [0.25, 0.3) is 0 Å². The number of benzene rings is 1. The molecule has 0 bridgehead atoms. The average Bonchev–Trinajstić information content (AvgIpc) is 3.23. The zero-order valence-electron chi connectivity index (χ0n) is 10.9. The molecule has 0 amide bonds. The molecule has 0 unspecified atom stereocenters. The van der Waals surface area contributed by atoms with Crippen molar-refractivity contribution in [1.29, 1.82) is 0 Å². The van der Waals surface area contributed by atoms with Gasteiger partial charge in [-0.15, -0.1) is 0 Å². The van der Waals surface area contributed by atoms with Crippen LogP contribution in [0.15, 0.2) is 24.3 Å². The van der Waals surface area contributed by atoms with Crippen LogP contribution in [-0.4, -0.2) is 37.7 Å². The van der Waals surface area contributed by atoms with Gasteiger partial charge in [0.25, 0.3) is 0 Å². The van der Waals surface area contributed by atoms with E-state index in [0.29, 0.717) is 0 Å². The molecular formula is C15H22N2O. The molecule has 0 atom stereocenters. The summed E-state index contributed by atoms with van der Waals surface area (Å²) < 4.78 is 5.37. The van der Waals surface area contributed by atoms with Crippen molar-refractivity contribution in [2.75, 3.05) is 38.2 Å². The van der Waals surface area contributed by atoms with E-state index >= 15 is 0 Å². The van der Waals surface area contributed by atoms with E-state index in [1.54, 1.807) is 0 Å². The molecule has 2 fully saturated rings. The Labute approximate surface area is 109 Å². The molecule has 1 saturated carbocycles. The smallest absolute Gasteiger partial charge is 0.0594 e. The monoisotopic (exact) mass is 246 g/mol. The van der Waals surface area contributed by atoms with Crippen molar-refractivity contribution in [2.45, 2.75) is 19.4 Å². The third kappa shape index (κ3) is 3.47. The Balaban J connectivity index is 1.49. The summed E-state index contributed by atoms with van der Waals surface area (Å²) in [5.74, 6) is 0.929. The zero-order chi connectivity index (χ0) is 12.2. The van der Waals surface area contributed by atoms with Gasteiger partial charge in [0.05, 0.1) is 13.2 Å². The van der Waals surface area contributed by atoms with E-state index in [-0.39, 0.29) is 0 Å². The molecule has 0 aromatic heterocycles. The fourth-order valence-corrected chi connectivity index (χ4v) is 2.33. The lowest BCUT2D eigenvalue weighted by atomic mass is 10.2. The maximum absolute atomic E-state index is 5.37. The Kier molecular flexibility index (Phi) is 3.81. The molecule has 1 N–H and O–H groups in total. The van der Waals surface area contributed by atoms with Gasteiger partial charge in [0, 0.05) is 31.9 Å². The summed E-state index contributed by atoms with van der Waals surface area (Å²) in [5.41, 5.74) is 2.65. The predicted octanol–water partition coefficient (Wildman–Crippen LogP) is 2.34. The molecule has 3 rings (SSSR count). The molecule has 1 aromatic carbocycles. The Hall–Kier alpha value is -1.06. The van der Waals surface area contributed by atoms with Crippen molar-refractivity contribution in [3.8, 4) is 0 Å². The number of rotatable bonds is 5. The van der Waals surface area contributed by atoms with Gasteiger partial charge in [-0.2, -0.15) is 0 Å². The Morgan fingerprint density at radius 2 is 1.83 bits per heavy atom. The van der Waals surface area contributed by atoms with Gasteiger partial charge in [-0.25, -0.2) is 0 Å². The number of hydrogen-bond acceptors (Lipinski definition) is 3. The van der Waals surface area contributed by atoms with Gasteiger partial charge >= 0.3 is 0 Å². The van der Waals surface area contributed by atoms with Gasteiger partial charge in [-0.3, -0.25) is 4.90 Å². The maximum Gasteiger partial charge on any atom is 0.0594 e. The molecule has 1 aliphatic heterocycles. The summed E-state index contributed by atoms with van der Waals surface area (Å²) in [6.45, 7) is 6.06. The van der Waals surface area contributed by atoms with Gasteiger partial charge in [-0.05, 0) is 36.5 Å². The van der Waals surface area contributed by atoms with Crippen LogP contribution in [0, 0.1) is 5.92 Å². The average molecular weight is 246 g/mol. The molecule has 3 nitrogen and oxygen atoms in total. The lowest BCUT2D eigenvalue weighted by Crippen LogP contribution is -2.35. The van der Waals surface area contributed by atoms with E-state index in [2.05, 4.69) is 34.5 Å². The standard InChI is InChI=1S/C15H22N2O/c1-2-13(1)11-16-15-5-3-14(4-6-15)12-17-7-9-18-10-8-17/h3-6,13,16H,1-2,7-12H2. The predicted molar refractivity (Wildman–Crippen MR) is 73.8 cm³/mol. The van der Waals surface area contributed by atoms with E-state index in [1.807, 2.05) is 0 Å². The molecule has 98 valence electrons. The third-order valence-electron chi connectivity index (χ3n) is 3.76. The Morgan fingerprint density at radius 3 is 2.50 bits per heavy atom. The van der Waals surface area contributed by atoms with Crippen molar-refractivity contribution in [3.05, 3.63) is 29.8 Å². The van der Waals surface area contributed by atoms with Crippen LogP contribution in [0.1, 0.15) is 18.4 Å². The molecule has 3 heteroatoms. The second-order valence-electron chi connectivity index (χ2n) is 5.41. The second-order valence-corrected chi connectivity index (χ2v) is 5.41. The van der Waals surface area contributed by atoms with Gasteiger partial charge < -0.3 is 10.1 Å². The van der Waals surface area contributed by atoms with Crippen molar-refractivity contribution < 1.29 is 4.74 Å². The second kappa shape index (κ2) is 5.72. The van der Waals surface area contributed by atoms with Crippen molar-refractivity contribution in [2.24, 2.45) is 5.92 Å². The van der Waals surface area contributed by atoms with E-state index < -0.39 is 0 Å². The summed E-state index contributed by atoms with van der Waals surface area (Å²) >= 11 is 0. The van der Waals surface area contributed by atoms with Crippen LogP contribution >= 0.6 is 0 Å². The Morgan fingerprint density at radius 1 is 1.11 bits per heavy atom. The minimum atomic E-state index is 0.876. The minimum absolute atomic E-state index is 0.876. The molecule has 1 aromatic rings. The van der Waals surface area contributed by atoms with Gasteiger partial charge in [0.2, 0.25) is 0 Å². The first-order chi connectivity index (χ1) is 8.90. The molecular weight excluding hydrogens is 224 g/mol. The fraction of sp³-hybridized carbons (Fsp3) is 0.600. The first-order valence-electron chi connectivity index (χ1n) is 7.03. The number of nitrogens with zero attached hydrogens (tertiary/aromatic N) is 1. The first-order valence-corrected chi connectivity index (χ1v) is 7.03. The quantitative estimate of drug-likeness (QED) is 0.863. The van der Waals surface area contributed by atoms with Crippen LogP contribution in [0.2, 0.25) is 0 Å². The number of anilines is 1. The number of nitrogens with one attached hydrogen (secondary N) is 1. The highest BCUT2D eigenvalue weighted by Crippen LogP contribution is 2.28. The number of ether oxygens (including phenoxy) is 1. The van der Waals surface area contributed by atoms with Gasteiger partial charge in [0.15, 0.2) is 0 Å². The topological polar surface area (TPSA) is 24.5 Å². The maximum atomic E-state index is 5.37. The fourth-order valence-electron chi connectivity index (χ4n) is 2.33. The molecule has 1 aliphatic carbocycles. The van der Waals surface area contributed by atoms with Crippen LogP contribution < -0.4 is 5.32 Å². The summed E-state index contributed by atoms with van der Waals surface area (Å²) in [5, 5.41) is 3.50. The molecule has 0 radical (unpaired) electrons. The first kappa shape index (κ1) is 12.0. The lowest BCUT2D eigenvalue weighted by molar-refractivity contribution is 0.0342. The summed E-state index contributed by atoms with van der Waals surface area (Å²) in [6, 6.07) is 8.89. The van der Waals surface area contributed by atoms with Crippen LogP contribution in [-0.2, 0) is 11.3 Å². The number of morpholine rings is 1. The van der Waals surface area contributed by atoms with E-state index in [4.69, 9.17) is 4.74 Å². The third-order valence-corrected chi connectivity index (χ3v) is 3.76. The molecule has 18 heavy (non-hydrogen) atoms. The van der Waals surface area contributed by atoms with E-state index in [0.717, 1.165) is 45.3 Å². The van der Waals surface area contributed by atoms with Crippen LogP contribution in [0.5, 0.6) is 0 Å². The van der Waals surface area contributed by atoms with E-state index in [9.17, 15) is 0 Å². The largest absolute Gasteiger partial charge is 0.385 e. The summed E-state index contributed by atoms with van der Waals surface area (Å²) in [4.78, 5) is 2.45. The van der Waals surface area contributed by atoms with Gasteiger partial charge in [-0.1, -0.05) is 12.1 Å². The van der Waals surface area contributed by atoms with Crippen molar-refractivity contribution >= 4 is 5.69 Å². The highest BCUT2D eigenvalue weighted by Gasteiger charge is 2.20. The molecule has 0 spiro atoms. The normalized spacial score (nSPS) is 20.9. The summed E-state index contributed by atoms with van der Waals surface area (Å²) in [7, 11) is 0. The highest BCUT2D eigenvalue weighted by atomic mass is 16.5. The SMILES string of the molecule is c1cc(NCC2CC2)ccc1CN1CCOCC1. The van der Waals surface area contributed by atoms with Crippen LogP contribution in [0.4, 0.5) is 5.69 Å². The highest BCUT2D eigenvalue weighted by molar-refractivity contribution is 5.44. The summed E-state index contributed by atoms with van der Waals surface area (Å²) in [6.07, 6.45) is 2.81. The van der Waals surface area contributed by atoms with Gasteiger partial charge in [0.1, 0.15) is 0 Å². The molecule has 2 aliphatic rings. The van der Waals surface area contributed by atoms with Crippen molar-refractivity contribution in [3.63, 3.8) is 0 Å². The number of hydrogen-bond donors (Lipinski definition) is 1. The van der Waals surface area contributed by atoms with E-state index in [1.165, 1.54) is 24.1 Å².